The third-order valence-corrected chi connectivity index (χ3v) is 3.74. The molecule has 0 N–H and O–H groups in total. The number of hydrogen-bond acceptors (Lipinski definition) is 2. The maximum absolute atomic E-state index is 12.3. The predicted octanol–water partition coefficient (Wildman–Crippen LogP) is 3.76. The normalized spacial score (nSPS) is 10.9. The number of carbonyl (C=O) groups is 1. The maximum Gasteiger partial charge on any atom is 0.167 e. The number of aromatic nitrogens is 2. The summed E-state index contributed by atoms with van der Waals surface area (Å²) in [6.07, 6.45) is 3.99. The van der Waals surface area contributed by atoms with Gasteiger partial charge in [-0.05, 0) is 34.5 Å². The monoisotopic (exact) mass is 328 g/mol. The van der Waals surface area contributed by atoms with E-state index in [2.05, 4.69) is 21.0 Å². The zero-order valence-electron chi connectivity index (χ0n) is 11.0. The van der Waals surface area contributed by atoms with Gasteiger partial charge in [-0.3, -0.25) is 9.48 Å². The summed E-state index contributed by atoms with van der Waals surface area (Å²) in [5.41, 5.74) is 1.68. The highest BCUT2D eigenvalue weighted by Gasteiger charge is 2.09. The number of benzene rings is 2. The standard InChI is InChI=1S/C16H13BrN2O/c1-19-10-11(9-18-19)6-16(20)14-3-2-13-8-15(17)5-4-12(13)7-14/h2-5,7-10H,6H2,1H3. The van der Waals surface area contributed by atoms with Crippen LogP contribution in [0.4, 0.5) is 0 Å². The van der Waals surface area contributed by atoms with Gasteiger partial charge in [-0.25, -0.2) is 0 Å². The molecule has 0 spiro atoms. The predicted molar refractivity (Wildman–Crippen MR) is 82.9 cm³/mol. The van der Waals surface area contributed by atoms with Crippen molar-refractivity contribution < 1.29 is 4.79 Å². The Morgan fingerprint density at radius 1 is 1.20 bits per heavy atom. The van der Waals surface area contributed by atoms with E-state index in [0.29, 0.717) is 6.42 Å². The number of fused-ring (bicyclic) bond motifs is 1. The van der Waals surface area contributed by atoms with Crippen molar-refractivity contribution in [3.63, 3.8) is 0 Å². The smallest absolute Gasteiger partial charge is 0.167 e. The van der Waals surface area contributed by atoms with Crippen LogP contribution >= 0.6 is 15.9 Å². The molecule has 0 atom stereocenters. The number of Topliss-reactive ketones (excluding diaryl/α,β-unsaturated/α-hetero) is 1. The summed E-state index contributed by atoms with van der Waals surface area (Å²) >= 11 is 3.45. The first kappa shape index (κ1) is 13.1. The van der Waals surface area contributed by atoms with Crippen LogP contribution in [0.2, 0.25) is 0 Å². The number of carbonyl (C=O) groups excluding carboxylic acids is 1. The zero-order chi connectivity index (χ0) is 14.1. The van der Waals surface area contributed by atoms with Gasteiger partial charge < -0.3 is 0 Å². The molecule has 3 rings (SSSR count). The van der Waals surface area contributed by atoms with Crippen molar-refractivity contribution in [2.75, 3.05) is 0 Å². The molecule has 0 unspecified atom stereocenters. The molecule has 0 amide bonds. The van der Waals surface area contributed by atoms with Gasteiger partial charge in [0.1, 0.15) is 0 Å². The van der Waals surface area contributed by atoms with Gasteiger partial charge in [-0.1, -0.05) is 34.1 Å². The van der Waals surface area contributed by atoms with E-state index in [1.165, 1.54) is 0 Å². The van der Waals surface area contributed by atoms with Crippen LogP contribution in [0.1, 0.15) is 15.9 Å². The van der Waals surface area contributed by atoms with Gasteiger partial charge in [0.05, 0.1) is 6.20 Å². The van der Waals surface area contributed by atoms with Crippen molar-refractivity contribution in [2.45, 2.75) is 6.42 Å². The Morgan fingerprint density at radius 3 is 2.70 bits per heavy atom. The Morgan fingerprint density at radius 2 is 1.95 bits per heavy atom. The molecule has 4 heteroatoms. The van der Waals surface area contributed by atoms with Gasteiger partial charge in [0.2, 0.25) is 0 Å². The molecule has 0 saturated carbocycles. The van der Waals surface area contributed by atoms with Crippen molar-refractivity contribution in [1.82, 2.24) is 9.78 Å². The van der Waals surface area contributed by atoms with Crippen molar-refractivity contribution in [3.05, 3.63) is 64.4 Å². The van der Waals surface area contributed by atoms with Gasteiger partial charge in [0.15, 0.2) is 5.78 Å². The van der Waals surface area contributed by atoms with E-state index in [-0.39, 0.29) is 5.78 Å². The Hall–Kier alpha value is -1.94. The van der Waals surface area contributed by atoms with Crippen LogP contribution in [0.15, 0.2) is 53.3 Å². The summed E-state index contributed by atoms with van der Waals surface area (Å²) in [4.78, 5) is 12.3. The van der Waals surface area contributed by atoms with Gasteiger partial charge in [-0.2, -0.15) is 5.10 Å². The topological polar surface area (TPSA) is 34.9 Å². The maximum atomic E-state index is 12.3. The van der Waals surface area contributed by atoms with Crippen molar-refractivity contribution in [3.8, 4) is 0 Å². The van der Waals surface area contributed by atoms with E-state index in [1.807, 2.05) is 49.6 Å². The van der Waals surface area contributed by atoms with E-state index < -0.39 is 0 Å². The third kappa shape index (κ3) is 2.65. The Balaban J connectivity index is 1.89. The average molecular weight is 329 g/mol. The van der Waals surface area contributed by atoms with Gasteiger partial charge in [0.25, 0.3) is 0 Å². The van der Waals surface area contributed by atoms with Crippen LogP contribution < -0.4 is 0 Å². The van der Waals surface area contributed by atoms with Crippen LogP contribution in [0.25, 0.3) is 10.8 Å². The molecule has 0 aliphatic carbocycles. The van der Waals surface area contributed by atoms with Gasteiger partial charge in [0, 0.05) is 29.7 Å². The molecule has 0 bridgehead atoms. The largest absolute Gasteiger partial charge is 0.294 e. The number of aryl methyl sites for hydroxylation is 1. The summed E-state index contributed by atoms with van der Waals surface area (Å²) in [7, 11) is 1.85. The van der Waals surface area contributed by atoms with Gasteiger partial charge in [-0.15, -0.1) is 0 Å². The van der Waals surface area contributed by atoms with E-state index in [4.69, 9.17) is 0 Å². The molecule has 0 saturated heterocycles. The quantitative estimate of drug-likeness (QED) is 0.686. The molecule has 1 heterocycles. The lowest BCUT2D eigenvalue weighted by Crippen LogP contribution is -2.02. The third-order valence-electron chi connectivity index (χ3n) is 3.25. The SMILES string of the molecule is Cn1cc(CC(=O)c2ccc3cc(Br)ccc3c2)cn1. The highest BCUT2D eigenvalue weighted by molar-refractivity contribution is 9.10. The number of rotatable bonds is 3. The minimum Gasteiger partial charge on any atom is -0.294 e. The number of hydrogen-bond donors (Lipinski definition) is 0. The van der Waals surface area contributed by atoms with Crippen LogP contribution in [-0.4, -0.2) is 15.6 Å². The highest BCUT2D eigenvalue weighted by Crippen LogP contribution is 2.21. The minimum absolute atomic E-state index is 0.114. The van der Waals surface area contributed by atoms with E-state index in [9.17, 15) is 4.79 Å². The minimum atomic E-state index is 0.114. The van der Waals surface area contributed by atoms with Crippen LogP contribution in [0.5, 0.6) is 0 Å². The second kappa shape index (κ2) is 5.21. The molecule has 3 nitrogen and oxygen atoms in total. The molecule has 2 aromatic carbocycles. The number of halogens is 1. The van der Waals surface area contributed by atoms with E-state index >= 15 is 0 Å². The molecular formula is C16H13BrN2O. The lowest BCUT2D eigenvalue weighted by molar-refractivity contribution is 0.0993. The van der Waals surface area contributed by atoms with Crippen molar-refractivity contribution in [2.24, 2.45) is 7.05 Å². The molecule has 100 valence electrons. The molecule has 0 aliphatic rings. The van der Waals surface area contributed by atoms with Crippen LogP contribution in [0.3, 0.4) is 0 Å². The highest BCUT2D eigenvalue weighted by atomic mass is 79.9. The van der Waals surface area contributed by atoms with Crippen molar-refractivity contribution in [1.29, 1.82) is 0 Å². The number of nitrogens with zero attached hydrogens (tertiary/aromatic N) is 2. The fraction of sp³-hybridized carbons (Fsp3) is 0.125. The van der Waals surface area contributed by atoms with Gasteiger partial charge >= 0.3 is 0 Å². The first-order valence-corrected chi connectivity index (χ1v) is 7.11. The van der Waals surface area contributed by atoms with E-state index in [1.54, 1.807) is 10.9 Å². The molecular weight excluding hydrogens is 316 g/mol. The Bertz CT molecular complexity index is 792. The van der Waals surface area contributed by atoms with Crippen molar-refractivity contribution >= 4 is 32.5 Å². The molecule has 3 aromatic rings. The first-order chi connectivity index (χ1) is 9.61. The Labute approximate surface area is 125 Å². The van der Waals surface area contributed by atoms with E-state index in [0.717, 1.165) is 26.4 Å². The first-order valence-electron chi connectivity index (χ1n) is 6.32. The summed E-state index contributed by atoms with van der Waals surface area (Å²) in [5.74, 6) is 0.114. The Kier molecular flexibility index (Phi) is 3.40. The van der Waals surface area contributed by atoms with Crippen LogP contribution in [-0.2, 0) is 13.5 Å². The zero-order valence-corrected chi connectivity index (χ0v) is 12.6. The summed E-state index contributed by atoms with van der Waals surface area (Å²) < 4.78 is 2.75. The molecule has 20 heavy (non-hydrogen) atoms. The average Bonchev–Trinajstić information content (AvgIpc) is 2.83. The second-order valence-electron chi connectivity index (χ2n) is 4.83. The van der Waals surface area contributed by atoms with Crippen LogP contribution in [0, 0.1) is 0 Å². The summed E-state index contributed by atoms with van der Waals surface area (Å²) in [6.45, 7) is 0. The summed E-state index contributed by atoms with van der Waals surface area (Å²) in [5, 5.41) is 6.28. The molecule has 0 radical (unpaired) electrons. The lowest BCUT2D eigenvalue weighted by atomic mass is 10.0. The molecule has 0 aliphatic heterocycles. The summed E-state index contributed by atoms with van der Waals surface area (Å²) in [6, 6.07) is 11.9. The lowest BCUT2D eigenvalue weighted by Gasteiger charge is -2.03. The fourth-order valence-electron chi connectivity index (χ4n) is 2.24. The second-order valence-corrected chi connectivity index (χ2v) is 5.74. The fourth-order valence-corrected chi connectivity index (χ4v) is 2.62. The number of ketones is 1. The molecule has 1 aromatic heterocycles. The molecule has 0 fully saturated rings.